The van der Waals surface area contributed by atoms with Gasteiger partial charge in [0.2, 0.25) is 10.0 Å². The topological polar surface area (TPSA) is 80.4 Å². The molecule has 5 heteroatoms. The Labute approximate surface area is 77.1 Å². The molecule has 0 aliphatic rings. The van der Waals surface area contributed by atoms with Gasteiger partial charge >= 0.3 is 0 Å². The van der Waals surface area contributed by atoms with Crippen LogP contribution in [0.5, 0.6) is 0 Å². The summed E-state index contributed by atoms with van der Waals surface area (Å²) in [5, 5.41) is 13.6. The number of nitrogens with two attached hydrogens (primary N) is 1. The number of aliphatic hydroxyl groups is 1. The van der Waals surface area contributed by atoms with Gasteiger partial charge in [0.15, 0.2) is 0 Å². The predicted molar refractivity (Wildman–Crippen MR) is 48.6 cm³/mol. The first-order valence-corrected chi connectivity index (χ1v) is 5.31. The first-order valence-electron chi connectivity index (χ1n) is 3.76. The number of rotatable bonds is 3. The van der Waals surface area contributed by atoms with Gasteiger partial charge in [-0.1, -0.05) is 12.1 Å². The van der Waals surface area contributed by atoms with Crippen molar-refractivity contribution in [3.63, 3.8) is 0 Å². The fourth-order valence-corrected chi connectivity index (χ4v) is 1.59. The van der Waals surface area contributed by atoms with E-state index in [9.17, 15) is 8.42 Å². The van der Waals surface area contributed by atoms with Gasteiger partial charge in [-0.3, -0.25) is 0 Å². The van der Waals surface area contributed by atoms with Crippen LogP contribution in [0.2, 0.25) is 0 Å². The second-order valence-corrected chi connectivity index (χ2v) is 4.23. The summed E-state index contributed by atoms with van der Waals surface area (Å²) in [6.45, 7) is -0.00588. The van der Waals surface area contributed by atoms with Crippen LogP contribution in [0.1, 0.15) is 5.56 Å². The number of hydrogen-bond donors (Lipinski definition) is 2. The Morgan fingerprint density at radius 1 is 1.38 bits per heavy atom. The molecule has 0 aliphatic carbocycles. The third kappa shape index (κ3) is 2.80. The molecule has 0 saturated carbocycles. The third-order valence-corrected chi connectivity index (χ3v) is 2.54. The molecule has 0 fully saturated rings. The van der Waals surface area contributed by atoms with E-state index in [-0.39, 0.29) is 11.5 Å². The van der Waals surface area contributed by atoms with Crippen molar-refractivity contribution in [1.82, 2.24) is 0 Å². The normalized spacial score (nSPS) is 11.5. The zero-order chi connectivity index (χ0) is 9.90. The lowest BCUT2D eigenvalue weighted by Gasteiger charge is -2.01. The second-order valence-electron chi connectivity index (χ2n) is 2.67. The predicted octanol–water partition coefficient (Wildman–Crippen LogP) is -0.131. The number of aliphatic hydroxyl groups excluding tert-OH is 1. The minimum absolute atomic E-state index is 0.00588. The molecule has 1 rings (SSSR count). The van der Waals surface area contributed by atoms with Gasteiger partial charge in [0.1, 0.15) is 0 Å². The smallest absolute Gasteiger partial charge is 0.238 e. The fraction of sp³-hybridized carbons (Fsp3) is 0.250. The van der Waals surface area contributed by atoms with Crippen LogP contribution in [0.4, 0.5) is 0 Å². The second kappa shape index (κ2) is 3.87. The van der Waals surface area contributed by atoms with Crippen LogP contribution >= 0.6 is 0 Å². The maximum Gasteiger partial charge on any atom is 0.238 e. The molecule has 0 bridgehead atoms. The minimum Gasteiger partial charge on any atom is -0.396 e. The summed E-state index contributed by atoms with van der Waals surface area (Å²) >= 11 is 0. The van der Waals surface area contributed by atoms with Crippen molar-refractivity contribution in [2.75, 3.05) is 6.61 Å². The summed E-state index contributed by atoms with van der Waals surface area (Å²) in [5.41, 5.74) is 0.758. The highest BCUT2D eigenvalue weighted by Gasteiger charge is 2.06. The fourth-order valence-electron chi connectivity index (χ4n) is 1.01. The van der Waals surface area contributed by atoms with Gasteiger partial charge in [-0.05, 0) is 24.1 Å². The molecule has 72 valence electrons. The van der Waals surface area contributed by atoms with E-state index in [1.807, 2.05) is 0 Å². The van der Waals surface area contributed by atoms with Crippen molar-refractivity contribution in [2.45, 2.75) is 11.3 Å². The molecule has 3 N–H and O–H groups in total. The molecular weight excluding hydrogens is 190 g/mol. The molecule has 4 nitrogen and oxygen atoms in total. The summed E-state index contributed by atoms with van der Waals surface area (Å²) in [4.78, 5) is 0.0819. The summed E-state index contributed by atoms with van der Waals surface area (Å²) < 4.78 is 21.8. The standard InChI is InChI=1S/C8H11NO3S/c9-13(11,12)8-3-1-2-7(6-8)4-5-10/h1-3,6,10H,4-5H2,(H2,9,11,12). The first-order chi connectivity index (χ1) is 6.04. The molecule has 1 aromatic rings. The van der Waals surface area contributed by atoms with Gasteiger partial charge in [0, 0.05) is 6.61 Å². The van der Waals surface area contributed by atoms with Gasteiger partial charge < -0.3 is 5.11 Å². The number of hydrogen-bond acceptors (Lipinski definition) is 3. The summed E-state index contributed by atoms with van der Waals surface area (Å²) in [5.74, 6) is 0. The molecule has 1 aromatic carbocycles. The highest BCUT2D eigenvalue weighted by molar-refractivity contribution is 7.89. The Bertz CT molecular complexity index is 386. The Balaban J connectivity index is 3.06. The molecular formula is C8H11NO3S. The molecule has 0 atom stereocenters. The van der Waals surface area contributed by atoms with Crippen molar-refractivity contribution < 1.29 is 13.5 Å². The number of primary sulfonamides is 1. The van der Waals surface area contributed by atoms with Gasteiger partial charge in [0.25, 0.3) is 0 Å². The minimum atomic E-state index is -3.63. The summed E-state index contributed by atoms with van der Waals surface area (Å²) in [7, 11) is -3.63. The zero-order valence-corrected chi connectivity index (χ0v) is 7.79. The lowest BCUT2D eigenvalue weighted by atomic mass is 10.2. The molecule has 13 heavy (non-hydrogen) atoms. The van der Waals surface area contributed by atoms with Gasteiger partial charge in [0.05, 0.1) is 4.90 Å². The molecule has 0 saturated heterocycles. The summed E-state index contributed by atoms with van der Waals surface area (Å²) in [6, 6.07) is 6.23. The third-order valence-electron chi connectivity index (χ3n) is 1.63. The Kier molecular flexibility index (Phi) is 3.02. The molecule has 0 amide bonds. The average molecular weight is 201 g/mol. The van der Waals surface area contributed by atoms with Crippen molar-refractivity contribution in [3.05, 3.63) is 29.8 Å². The molecule has 0 aliphatic heterocycles. The van der Waals surface area contributed by atoms with Crippen LogP contribution in [0.25, 0.3) is 0 Å². The average Bonchev–Trinajstić information content (AvgIpc) is 2.04. The maximum atomic E-state index is 10.9. The van der Waals surface area contributed by atoms with E-state index in [1.165, 1.54) is 12.1 Å². The molecule has 0 unspecified atom stereocenters. The molecule has 0 radical (unpaired) electrons. The van der Waals surface area contributed by atoms with Crippen molar-refractivity contribution in [3.8, 4) is 0 Å². The Morgan fingerprint density at radius 3 is 2.62 bits per heavy atom. The van der Waals surface area contributed by atoms with Crippen molar-refractivity contribution in [2.24, 2.45) is 5.14 Å². The van der Waals surface area contributed by atoms with Crippen LogP contribution < -0.4 is 5.14 Å². The zero-order valence-electron chi connectivity index (χ0n) is 6.97. The van der Waals surface area contributed by atoms with E-state index in [4.69, 9.17) is 10.2 Å². The summed E-state index contributed by atoms with van der Waals surface area (Å²) in [6.07, 6.45) is 0.434. The van der Waals surface area contributed by atoms with Crippen LogP contribution in [0.3, 0.4) is 0 Å². The lowest BCUT2D eigenvalue weighted by Crippen LogP contribution is -2.12. The quantitative estimate of drug-likeness (QED) is 0.714. The van der Waals surface area contributed by atoms with Crippen LogP contribution in [0, 0.1) is 0 Å². The SMILES string of the molecule is NS(=O)(=O)c1cccc(CCO)c1. The monoisotopic (exact) mass is 201 g/mol. The van der Waals surface area contributed by atoms with Gasteiger partial charge in [-0.2, -0.15) is 0 Å². The molecule has 0 heterocycles. The van der Waals surface area contributed by atoms with E-state index in [0.29, 0.717) is 6.42 Å². The van der Waals surface area contributed by atoms with Crippen molar-refractivity contribution in [1.29, 1.82) is 0 Å². The highest BCUT2D eigenvalue weighted by atomic mass is 32.2. The Morgan fingerprint density at radius 2 is 2.08 bits per heavy atom. The van der Waals surface area contributed by atoms with Crippen LogP contribution in [-0.2, 0) is 16.4 Å². The molecule has 0 aromatic heterocycles. The molecule has 0 spiro atoms. The van der Waals surface area contributed by atoms with E-state index < -0.39 is 10.0 Å². The van der Waals surface area contributed by atoms with Gasteiger partial charge in [-0.15, -0.1) is 0 Å². The van der Waals surface area contributed by atoms with E-state index >= 15 is 0 Å². The van der Waals surface area contributed by atoms with E-state index in [1.54, 1.807) is 12.1 Å². The van der Waals surface area contributed by atoms with Gasteiger partial charge in [-0.25, -0.2) is 13.6 Å². The van der Waals surface area contributed by atoms with E-state index in [0.717, 1.165) is 5.56 Å². The van der Waals surface area contributed by atoms with E-state index in [2.05, 4.69) is 0 Å². The number of benzene rings is 1. The van der Waals surface area contributed by atoms with Crippen LogP contribution in [0.15, 0.2) is 29.2 Å². The lowest BCUT2D eigenvalue weighted by molar-refractivity contribution is 0.299. The maximum absolute atomic E-state index is 10.9. The largest absolute Gasteiger partial charge is 0.396 e. The highest BCUT2D eigenvalue weighted by Crippen LogP contribution is 2.09. The van der Waals surface area contributed by atoms with Crippen LogP contribution in [-0.4, -0.2) is 20.1 Å². The Hall–Kier alpha value is -0.910. The first kappa shape index (κ1) is 10.2. The number of sulfonamides is 1. The van der Waals surface area contributed by atoms with Crippen molar-refractivity contribution >= 4 is 10.0 Å².